The Balaban J connectivity index is 0.00000314. The molecule has 18 nitrogen and oxygen atoms in total. The van der Waals surface area contributed by atoms with Crippen molar-refractivity contribution in [2.75, 3.05) is 16.0 Å². The van der Waals surface area contributed by atoms with Gasteiger partial charge in [0.1, 0.15) is 30.4 Å². The van der Waals surface area contributed by atoms with Gasteiger partial charge in [0, 0.05) is 11.4 Å². The summed E-state index contributed by atoms with van der Waals surface area (Å²) in [5, 5.41) is 8.35. The van der Waals surface area contributed by atoms with Gasteiger partial charge in [0.15, 0.2) is 0 Å². The molecule has 5 aromatic carbocycles. The Kier molecular flexibility index (Phi) is 20.1. The molecule has 0 aliphatic carbocycles. The molecule has 1 aromatic heterocycles. The smallest absolute Gasteiger partial charge is 0.754 e. The third-order valence-electron chi connectivity index (χ3n) is 7.04. The molecule has 0 fully saturated rings. The largest absolute Gasteiger partial charge is 1.00 e. The van der Waals surface area contributed by atoms with Gasteiger partial charge in [0.05, 0.1) is 30.5 Å². The van der Waals surface area contributed by atoms with Gasteiger partial charge in [-0.15, -0.1) is 10.8 Å². The molecule has 0 atom stereocenters. The second kappa shape index (κ2) is 21.0. The van der Waals surface area contributed by atoms with E-state index in [0.717, 1.165) is 18.2 Å². The Morgan fingerprint density at radius 2 is 0.929 bits per heavy atom. The van der Waals surface area contributed by atoms with E-state index in [1.165, 1.54) is 60.7 Å². The van der Waals surface area contributed by atoms with Crippen LogP contribution in [-0.2, 0) is 40.5 Å². The fourth-order valence-electron chi connectivity index (χ4n) is 4.92. The average molecular weight is 885 g/mol. The van der Waals surface area contributed by atoms with E-state index in [9.17, 15) is 51.9 Å². The molecule has 0 unspecified atom stereocenters. The Labute approximate surface area is 431 Å². The SMILES string of the molecule is O=S(=O)([O-])c1cc(S(=O)(=O)[O-])c2ccc(Nc3nc(Nc4ccc5c(S(=O)(=O)[O-])c[c-]cc5c4)nc(Nc4ccccc4S(=O)(=O)[O-])n3)cc2c1.[Na+].[Na+].[Na+].[Na+].[Na+]. The minimum Gasteiger partial charge on any atom is -0.754 e. The van der Waals surface area contributed by atoms with Crippen molar-refractivity contribution in [2.45, 2.75) is 19.6 Å². The summed E-state index contributed by atoms with van der Waals surface area (Å²) in [4.78, 5) is 9.62. The van der Waals surface area contributed by atoms with E-state index in [0.29, 0.717) is 11.5 Å². The summed E-state index contributed by atoms with van der Waals surface area (Å²) in [5.41, 5.74) is 0.146. The van der Waals surface area contributed by atoms with Crippen LogP contribution < -0.4 is 164 Å². The maximum atomic E-state index is 11.9. The van der Waals surface area contributed by atoms with E-state index >= 15 is 0 Å². The second-order valence-electron chi connectivity index (χ2n) is 10.5. The Hall–Kier alpha value is -0.330. The molecule has 0 radical (unpaired) electrons. The maximum Gasteiger partial charge on any atom is 1.00 e. The predicted molar refractivity (Wildman–Crippen MR) is 175 cm³/mol. The first-order valence-corrected chi connectivity index (χ1v) is 19.4. The van der Waals surface area contributed by atoms with Crippen LogP contribution in [0.25, 0.3) is 21.5 Å². The summed E-state index contributed by atoms with van der Waals surface area (Å²) in [6.07, 6.45) is 0. The molecule has 6 rings (SSSR count). The molecule has 0 spiro atoms. The second-order valence-corrected chi connectivity index (χ2v) is 15.9. The summed E-state index contributed by atoms with van der Waals surface area (Å²) in [7, 11) is -20.2. The molecule has 1 heterocycles. The molecule has 0 bridgehead atoms. The Morgan fingerprint density at radius 1 is 0.464 bits per heavy atom. The number of nitrogens with zero attached hydrogens (tertiary/aromatic N) is 3. The summed E-state index contributed by atoms with van der Waals surface area (Å²) < 4.78 is 142. The van der Waals surface area contributed by atoms with Gasteiger partial charge in [0.2, 0.25) is 17.8 Å². The molecular weight excluding hydrogens is 868 g/mol. The third kappa shape index (κ3) is 13.1. The molecule has 3 N–H and O–H groups in total. The van der Waals surface area contributed by atoms with Crippen molar-refractivity contribution in [3.05, 3.63) is 91.0 Å². The van der Waals surface area contributed by atoms with Crippen LogP contribution in [0.3, 0.4) is 0 Å². The summed E-state index contributed by atoms with van der Waals surface area (Å²) >= 11 is 0. The minimum absolute atomic E-state index is 0. The van der Waals surface area contributed by atoms with Crippen molar-refractivity contribution < 1.29 is 200 Å². The molecule has 6 aromatic rings. The van der Waals surface area contributed by atoms with Crippen molar-refractivity contribution in [3.63, 3.8) is 0 Å². The van der Waals surface area contributed by atoms with Crippen LogP contribution in [0.4, 0.5) is 34.9 Å². The first-order valence-electron chi connectivity index (χ1n) is 13.8. The Bertz CT molecular complexity index is 2880. The number of benzene rings is 5. The van der Waals surface area contributed by atoms with Crippen molar-refractivity contribution in [2.24, 2.45) is 0 Å². The van der Waals surface area contributed by atoms with Crippen molar-refractivity contribution in [1.82, 2.24) is 15.0 Å². The first kappa shape index (κ1) is 53.7. The van der Waals surface area contributed by atoms with Crippen LogP contribution in [0.1, 0.15) is 0 Å². The van der Waals surface area contributed by atoms with E-state index in [4.69, 9.17) is 0 Å². The van der Waals surface area contributed by atoms with Gasteiger partial charge < -0.3 is 34.2 Å². The molecule has 264 valence electrons. The monoisotopic (exact) mass is 884 g/mol. The maximum absolute atomic E-state index is 11.9. The van der Waals surface area contributed by atoms with Crippen molar-refractivity contribution in [1.29, 1.82) is 0 Å². The van der Waals surface area contributed by atoms with Gasteiger partial charge in [-0.1, -0.05) is 30.3 Å². The molecule has 0 aliphatic rings. The standard InChI is InChI=1S/C29H21N6O12S4.5Na/c36-48(37,38)20-14-17-13-19(9-11-22(17)26(15-20)51(45,46)47)31-28-33-27(34-29(35-28)32-23-5-1-2-6-25(23)50(42,43)44)30-18-8-10-21-16(12-18)4-3-7-24(21)49(39,40)41;;;;;/h1-2,4-15H,(H,36,37,38)(H,39,40,41)(H,42,43,44)(H,45,46,47)(H3,30,31,32,33,34,35);;;;;/q-1;5*+1/p-4. The predicted octanol–water partition coefficient (Wildman–Crippen LogP) is -12.2. The number of hydrogen-bond donors (Lipinski definition) is 3. The number of nitrogens with one attached hydrogen (secondary N) is 3. The van der Waals surface area contributed by atoms with Gasteiger partial charge in [-0.25, -0.2) is 25.3 Å². The summed E-state index contributed by atoms with van der Waals surface area (Å²) in [5.74, 6) is -0.802. The normalized spacial score (nSPS) is 11.4. The zero-order valence-corrected chi connectivity index (χ0v) is 43.2. The van der Waals surface area contributed by atoms with Crippen LogP contribution in [-0.4, -0.2) is 66.8 Å². The minimum atomic E-state index is -5.23. The molecule has 27 heteroatoms. The van der Waals surface area contributed by atoms with Gasteiger partial charge in [-0.3, -0.25) is 8.42 Å². The first-order chi connectivity index (χ1) is 23.8. The van der Waals surface area contributed by atoms with Crippen molar-refractivity contribution in [3.8, 4) is 0 Å². The Morgan fingerprint density at radius 3 is 1.43 bits per heavy atom. The number of fused-ring (bicyclic) bond motifs is 2. The van der Waals surface area contributed by atoms with E-state index in [2.05, 4.69) is 37.0 Å². The van der Waals surface area contributed by atoms with E-state index < -0.39 is 60.1 Å². The van der Waals surface area contributed by atoms with E-state index in [1.54, 1.807) is 0 Å². The van der Waals surface area contributed by atoms with Crippen LogP contribution in [0.2, 0.25) is 0 Å². The summed E-state index contributed by atoms with van der Waals surface area (Å²) in [6, 6.07) is 19.3. The van der Waals surface area contributed by atoms with Crippen LogP contribution in [0, 0.1) is 6.07 Å². The summed E-state index contributed by atoms with van der Waals surface area (Å²) in [6.45, 7) is 0. The van der Waals surface area contributed by atoms with E-state index in [-0.39, 0.29) is 199 Å². The number of aromatic nitrogens is 3. The van der Waals surface area contributed by atoms with Gasteiger partial charge in [0.25, 0.3) is 0 Å². The molecule has 0 amide bonds. The van der Waals surface area contributed by atoms with Gasteiger partial charge in [-0.2, -0.15) is 33.2 Å². The number of para-hydroxylation sites is 1. The van der Waals surface area contributed by atoms with Gasteiger partial charge in [-0.05, 0) is 58.1 Å². The van der Waals surface area contributed by atoms with Crippen LogP contribution >= 0.6 is 0 Å². The van der Waals surface area contributed by atoms with Crippen LogP contribution in [0.15, 0.2) is 105 Å². The number of rotatable bonds is 10. The zero-order valence-electron chi connectivity index (χ0n) is 30.0. The molecule has 0 aliphatic heterocycles. The fourth-order valence-corrected chi connectivity index (χ4v) is 7.56. The third-order valence-corrected chi connectivity index (χ3v) is 10.5. The van der Waals surface area contributed by atoms with Crippen LogP contribution in [0.5, 0.6) is 0 Å². The molecule has 0 saturated heterocycles. The molecular formula is C29H17N6Na5O12S4. The zero-order chi connectivity index (χ0) is 36.9. The van der Waals surface area contributed by atoms with E-state index in [1.807, 2.05) is 0 Å². The quantitative estimate of drug-likeness (QED) is 0.0654. The molecule has 56 heavy (non-hydrogen) atoms. The topological polar surface area (TPSA) is 304 Å². The van der Waals surface area contributed by atoms with Gasteiger partial charge >= 0.3 is 148 Å². The fraction of sp³-hybridized carbons (Fsp3) is 0. The number of hydrogen-bond acceptors (Lipinski definition) is 18. The number of anilines is 6. The molecule has 0 saturated carbocycles. The van der Waals surface area contributed by atoms with Crippen molar-refractivity contribution >= 4 is 96.9 Å². The average Bonchev–Trinajstić information content (AvgIpc) is 3.02.